The third kappa shape index (κ3) is 3.48. The summed E-state index contributed by atoms with van der Waals surface area (Å²) in [5, 5.41) is 14.1. The Labute approximate surface area is 134 Å². The second-order valence-electron chi connectivity index (χ2n) is 5.75. The van der Waals surface area contributed by atoms with Crippen LogP contribution in [0.3, 0.4) is 0 Å². The van der Waals surface area contributed by atoms with Gasteiger partial charge in [-0.1, -0.05) is 30.3 Å². The number of benzene rings is 1. The molecule has 0 spiro atoms. The molecule has 1 aromatic carbocycles. The van der Waals surface area contributed by atoms with Crippen LogP contribution in [-0.4, -0.2) is 23.1 Å². The van der Waals surface area contributed by atoms with Crippen molar-refractivity contribution in [1.82, 2.24) is 4.98 Å². The number of rotatable bonds is 5. The summed E-state index contributed by atoms with van der Waals surface area (Å²) in [6, 6.07) is 11.7. The number of aryl methyl sites for hydroxylation is 1. The number of pyridine rings is 1. The Kier molecular flexibility index (Phi) is 4.52. The van der Waals surface area contributed by atoms with Gasteiger partial charge in [-0.3, -0.25) is 10.1 Å². The van der Waals surface area contributed by atoms with Crippen molar-refractivity contribution in [2.24, 2.45) is 5.92 Å². The van der Waals surface area contributed by atoms with Gasteiger partial charge in [0.2, 0.25) is 0 Å². The van der Waals surface area contributed by atoms with Crippen LogP contribution in [0.15, 0.2) is 42.6 Å². The summed E-state index contributed by atoms with van der Waals surface area (Å²) in [5.41, 5.74) is 1.97. The third-order valence-corrected chi connectivity index (χ3v) is 4.15. The topological polar surface area (TPSA) is 77.3 Å². The summed E-state index contributed by atoms with van der Waals surface area (Å²) < 4.78 is 5.87. The summed E-state index contributed by atoms with van der Waals surface area (Å²) in [6.07, 6.45) is 2.36. The molecule has 2 unspecified atom stereocenters. The molecule has 2 heterocycles. The number of anilines is 1. The Bertz CT molecular complexity index is 691. The zero-order chi connectivity index (χ0) is 16.2. The molecule has 0 amide bonds. The van der Waals surface area contributed by atoms with Crippen LogP contribution in [-0.2, 0) is 4.74 Å². The summed E-state index contributed by atoms with van der Waals surface area (Å²) in [4.78, 5) is 14.5. The van der Waals surface area contributed by atoms with E-state index in [0.717, 1.165) is 25.1 Å². The fourth-order valence-electron chi connectivity index (χ4n) is 2.93. The molecular formula is C17H19N3O3. The Morgan fingerprint density at radius 2 is 2.17 bits per heavy atom. The predicted molar refractivity (Wildman–Crippen MR) is 87.4 cm³/mol. The first kappa shape index (κ1) is 15.4. The Balaban J connectivity index is 1.67. The first-order chi connectivity index (χ1) is 11.1. The molecule has 0 aliphatic carbocycles. The molecule has 2 aromatic rings. The second kappa shape index (κ2) is 6.75. The number of hydrogen-bond donors (Lipinski definition) is 1. The van der Waals surface area contributed by atoms with E-state index in [1.807, 2.05) is 25.1 Å². The number of hydrogen-bond acceptors (Lipinski definition) is 5. The van der Waals surface area contributed by atoms with E-state index < -0.39 is 4.92 Å². The maximum absolute atomic E-state index is 10.8. The van der Waals surface area contributed by atoms with E-state index in [1.165, 1.54) is 17.8 Å². The van der Waals surface area contributed by atoms with Crippen molar-refractivity contribution in [1.29, 1.82) is 0 Å². The molecule has 0 radical (unpaired) electrons. The molecule has 0 saturated carbocycles. The standard InChI is InChI=1S/C17H19N3O3/c1-12-9-15(20(21)22)11-19-17(12)18-10-14-7-8-23-16(14)13-5-3-2-4-6-13/h2-6,9,11,14,16H,7-8,10H2,1H3,(H,18,19). The molecule has 6 nitrogen and oxygen atoms in total. The van der Waals surface area contributed by atoms with Gasteiger partial charge in [0.15, 0.2) is 0 Å². The van der Waals surface area contributed by atoms with E-state index in [-0.39, 0.29) is 11.8 Å². The smallest absolute Gasteiger partial charge is 0.287 e. The molecule has 1 aliphatic heterocycles. The number of aromatic nitrogens is 1. The number of nitrogens with one attached hydrogen (secondary N) is 1. The molecule has 1 saturated heterocycles. The highest BCUT2D eigenvalue weighted by molar-refractivity contribution is 5.48. The third-order valence-electron chi connectivity index (χ3n) is 4.15. The van der Waals surface area contributed by atoms with Gasteiger partial charge in [0, 0.05) is 25.1 Å². The summed E-state index contributed by atoms with van der Waals surface area (Å²) in [6.45, 7) is 3.30. The highest BCUT2D eigenvalue weighted by Gasteiger charge is 2.29. The Morgan fingerprint density at radius 1 is 1.39 bits per heavy atom. The second-order valence-corrected chi connectivity index (χ2v) is 5.75. The lowest BCUT2D eigenvalue weighted by atomic mass is 9.95. The summed E-state index contributed by atoms with van der Waals surface area (Å²) in [7, 11) is 0. The lowest BCUT2D eigenvalue weighted by Crippen LogP contribution is -2.18. The van der Waals surface area contributed by atoms with Crippen molar-refractivity contribution >= 4 is 11.5 Å². The molecule has 3 rings (SSSR count). The molecule has 1 aromatic heterocycles. The Hall–Kier alpha value is -2.47. The van der Waals surface area contributed by atoms with Crippen molar-refractivity contribution in [3.8, 4) is 0 Å². The van der Waals surface area contributed by atoms with Crippen molar-refractivity contribution in [3.05, 3.63) is 63.8 Å². The minimum Gasteiger partial charge on any atom is -0.373 e. The zero-order valence-corrected chi connectivity index (χ0v) is 12.9. The lowest BCUT2D eigenvalue weighted by molar-refractivity contribution is -0.385. The maximum Gasteiger partial charge on any atom is 0.287 e. The fraction of sp³-hybridized carbons (Fsp3) is 0.353. The highest BCUT2D eigenvalue weighted by atomic mass is 16.6. The van der Waals surface area contributed by atoms with Crippen molar-refractivity contribution in [2.45, 2.75) is 19.4 Å². The van der Waals surface area contributed by atoms with Crippen LogP contribution in [0.5, 0.6) is 0 Å². The average molecular weight is 313 g/mol. The van der Waals surface area contributed by atoms with Gasteiger partial charge in [0.1, 0.15) is 12.0 Å². The average Bonchev–Trinajstić information content (AvgIpc) is 3.03. The predicted octanol–water partition coefficient (Wildman–Crippen LogP) is 3.49. The quantitative estimate of drug-likeness (QED) is 0.675. The monoisotopic (exact) mass is 313 g/mol. The molecule has 23 heavy (non-hydrogen) atoms. The van der Waals surface area contributed by atoms with E-state index in [4.69, 9.17) is 4.74 Å². The van der Waals surface area contributed by atoms with E-state index >= 15 is 0 Å². The SMILES string of the molecule is Cc1cc([N+](=O)[O-])cnc1NCC1CCOC1c1ccccc1. The molecular weight excluding hydrogens is 294 g/mol. The van der Waals surface area contributed by atoms with E-state index in [2.05, 4.69) is 22.4 Å². The first-order valence-corrected chi connectivity index (χ1v) is 7.66. The van der Waals surface area contributed by atoms with Crippen LogP contribution in [0, 0.1) is 23.0 Å². The van der Waals surface area contributed by atoms with E-state index in [9.17, 15) is 10.1 Å². The number of nitro groups is 1. The minimum absolute atomic E-state index is 0.0133. The van der Waals surface area contributed by atoms with Crippen LogP contribution >= 0.6 is 0 Å². The van der Waals surface area contributed by atoms with Gasteiger partial charge in [0.05, 0.1) is 11.0 Å². The van der Waals surface area contributed by atoms with Crippen molar-refractivity contribution < 1.29 is 9.66 Å². The number of ether oxygens (including phenoxy) is 1. The van der Waals surface area contributed by atoms with Crippen molar-refractivity contribution in [2.75, 3.05) is 18.5 Å². The molecule has 120 valence electrons. The van der Waals surface area contributed by atoms with E-state index in [0.29, 0.717) is 11.7 Å². The van der Waals surface area contributed by atoms with Gasteiger partial charge >= 0.3 is 0 Å². The van der Waals surface area contributed by atoms with Crippen LogP contribution < -0.4 is 5.32 Å². The van der Waals surface area contributed by atoms with E-state index in [1.54, 1.807) is 0 Å². The molecule has 6 heteroatoms. The molecule has 1 fully saturated rings. The van der Waals surface area contributed by atoms with Gasteiger partial charge < -0.3 is 10.1 Å². The van der Waals surface area contributed by atoms with Crippen LogP contribution in [0.1, 0.15) is 23.7 Å². The molecule has 1 N–H and O–H groups in total. The van der Waals surface area contributed by atoms with Crippen molar-refractivity contribution in [3.63, 3.8) is 0 Å². The summed E-state index contributed by atoms with van der Waals surface area (Å²) >= 11 is 0. The van der Waals surface area contributed by atoms with Crippen LogP contribution in [0.25, 0.3) is 0 Å². The first-order valence-electron chi connectivity index (χ1n) is 7.66. The van der Waals surface area contributed by atoms with Gasteiger partial charge in [0.25, 0.3) is 5.69 Å². The summed E-state index contributed by atoms with van der Waals surface area (Å²) in [5.74, 6) is 1.04. The van der Waals surface area contributed by atoms with Crippen LogP contribution in [0.4, 0.5) is 11.5 Å². The number of nitrogens with zero attached hydrogens (tertiary/aromatic N) is 2. The highest BCUT2D eigenvalue weighted by Crippen LogP contribution is 2.34. The maximum atomic E-state index is 10.8. The normalized spacial score (nSPS) is 20.4. The lowest BCUT2D eigenvalue weighted by Gasteiger charge is -2.20. The molecule has 2 atom stereocenters. The van der Waals surface area contributed by atoms with Crippen LogP contribution in [0.2, 0.25) is 0 Å². The van der Waals surface area contributed by atoms with Gasteiger partial charge in [-0.2, -0.15) is 0 Å². The molecule has 0 bridgehead atoms. The fourth-order valence-corrected chi connectivity index (χ4v) is 2.93. The van der Waals surface area contributed by atoms with Gasteiger partial charge in [-0.25, -0.2) is 4.98 Å². The zero-order valence-electron chi connectivity index (χ0n) is 12.9. The largest absolute Gasteiger partial charge is 0.373 e. The minimum atomic E-state index is -0.431. The van der Waals surface area contributed by atoms with Gasteiger partial charge in [-0.15, -0.1) is 0 Å². The van der Waals surface area contributed by atoms with Gasteiger partial charge in [-0.05, 0) is 24.5 Å². The molecule has 1 aliphatic rings. The Morgan fingerprint density at radius 3 is 2.87 bits per heavy atom.